The normalized spacial score (nSPS) is 17.1. The van der Waals surface area contributed by atoms with Gasteiger partial charge in [-0.15, -0.1) is 0 Å². The van der Waals surface area contributed by atoms with Crippen LogP contribution in [-0.2, 0) is 16.1 Å². The molecule has 1 saturated heterocycles. The average molecular weight is 504 g/mol. The van der Waals surface area contributed by atoms with Crippen molar-refractivity contribution in [2.75, 3.05) is 27.2 Å². The van der Waals surface area contributed by atoms with Crippen LogP contribution in [-0.4, -0.2) is 80.2 Å². The molecule has 0 aliphatic carbocycles. The lowest BCUT2D eigenvalue weighted by molar-refractivity contribution is -0.137. The van der Waals surface area contributed by atoms with Gasteiger partial charge < -0.3 is 26.4 Å². The molecule has 37 heavy (non-hydrogen) atoms. The predicted octanol–water partition coefficient (Wildman–Crippen LogP) is 0.161. The van der Waals surface area contributed by atoms with Crippen molar-refractivity contribution in [2.24, 2.45) is 11.5 Å². The molecular weight excluding hydrogens is 474 g/mol. The maximum Gasteiger partial charge on any atom is 0.269 e. The minimum Gasteiger partial charge on any atom is -0.369 e. The number of nitrogens with zero attached hydrogens (tertiary/aromatic N) is 5. The first kappa shape index (κ1) is 25.8. The van der Waals surface area contributed by atoms with Gasteiger partial charge in [-0.1, -0.05) is 17.9 Å². The number of rotatable bonds is 7. The Balaban J connectivity index is 1.66. The standard InChI is InChI=1S/C26H29N7O4/c1-31-13-10-26(37,25(31)36)9-7-17-8-12-29-21(15-17)33-20-6-5-18(14-19(20)23(30-33)24(28)35)16-32(2)22(34)4-3-11-27/h5-6,8,12,14-15,37H,3-4,10-11,13,16,27H2,1-2H3,(H2,28,35)/t26-/m0/s1. The van der Waals surface area contributed by atoms with Crippen molar-refractivity contribution in [3.05, 3.63) is 53.3 Å². The van der Waals surface area contributed by atoms with Gasteiger partial charge in [0.05, 0.1) is 5.52 Å². The Labute approximate surface area is 214 Å². The first-order valence-electron chi connectivity index (χ1n) is 11.9. The van der Waals surface area contributed by atoms with Crippen molar-refractivity contribution in [1.29, 1.82) is 0 Å². The Morgan fingerprint density at radius 2 is 2.05 bits per heavy atom. The van der Waals surface area contributed by atoms with Crippen molar-refractivity contribution in [3.8, 4) is 17.7 Å². The monoisotopic (exact) mass is 503 g/mol. The maximum absolute atomic E-state index is 12.3. The number of carbonyl (C=O) groups is 3. The van der Waals surface area contributed by atoms with Gasteiger partial charge in [-0.25, -0.2) is 9.67 Å². The van der Waals surface area contributed by atoms with Crippen LogP contribution in [0.5, 0.6) is 0 Å². The lowest BCUT2D eigenvalue weighted by atomic mass is 10.0. The maximum atomic E-state index is 12.3. The number of aliphatic hydroxyl groups is 1. The molecule has 2 aromatic heterocycles. The van der Waals surface area contributed by atoms with E-state index in [2.05, 4.69) is 21.9 Å². The minimum atomic E-state index is -1.72. The van der Waals surface area contributed by atoms with Crippen molar-refractivity contribution in [2.45, 2.75) is 31.4 Å². The number of likely N-dealkylation sites (N-methyl/N-ethyl adjacent to an activating group) is 1. The third kappa shape index (κ3) is 5.30. The smallest absolute Gasteiger partial charge is 0.269 e. The predicted molar refractivity (Wildman–Crippen MR) is 136 cm³/mol. The zero-order valence-electron chi connectivity index (χ0n) is 20.8. The van der Waals surface area contributed by atoms with Crippen LogP contribution >= 0.6 is 0 Å². The summed E-state index contributed by atoms with van der Waals surface area (Å²) in [6.45, 7) is 1.23. The minimum absolute atomic E-state index is 0.0194. The first-order valence-corrected chi connectivity index (χ1v) is 11.9. The second-order valence-corrected chi connectivity index (χ2v) is 9.11. The second kappa shape index (κ2) is 10.4. The molecule has 1 atom stereocenters. The number of carbonyl (C=O) groups excluding carboxylic acids is 3. The molecular formula is C26H29N7O4. The summed E-state index contributed by atoms with van der Waals surface area (Å²) in [5, 5.41) is 15.5. The van der Waals surface area contributed by atoms with Crippen molar-refractivity contribution >= 4 is 28.6 Å². The summed E-state index contributed by atoms with van der Waals surface area (Å²) >= 11 is 0. The summed E-state index contributed by atoms with van der Waals surface area (Å²) in [6.07, 6.45) is 2.74. The molecule has 0 saturated carbocycles. The van der Waals surface area contributed by atoms with E-state index in [1.165, 1.54) is 15.8 Å². The van der Waals surface area contributed by atoms with E-state index in [1.807, 2.05) is 6.07 Å². The number of hydrogen-bond acceptors (Lipinski definition) is 7. The Kier molecular flexibility index (Phi) is 7.24. The van der Waals surface area contributed by atoms with Crippen LogP contribution in [0.3, 0.4) is 0 Å². The zero-order chi connectivity index (χ0) is 26.7. The number of benzene rings is 1. The molecule has 3 heterocycles. The van der Waals surface area contributed by atoms with E-state index in [0.717, 1.165) is 5.56 Å². The van der Waals surface area contributed by atoms with Crippen molar-refractivity contribution in [3.63, 3.8) is 0 Å². The van der Waals surface area contributed by atoms with Crippen LogP contribution in [0.2, 0.25) is 0 Å². The molecule has 3 aromatic rings. The largest absolute Gasteiger partial charge is 0.369 e. The lowest BCUT2D eigenvalue weighted by Crippen LogP contribution is -2.37. The van der Waals surface area contributed by atoms with Crippen LogP contribution in [0.25, 0.3) is 16.7 Å². The number of primary amides is 1. The highest BCUT2D eigenvalue weighted by Gasteiger charge is 2.42. The molecule has 5 N–H and O–H groups in total. The molecule has 0 radical (unpaired) electrons. The number of pyridine rings is 1. The molecule has 0 bridgehead atoms. The van der Waals surface area contributed by atoms with Gasteiger partial charge in [0.15, 0.2) is 11.5 Å². The van der Waals surface area contributed by atoms with Gasteiger partial charge in [0, 0.05) is 57.2 Å². The Morgan fingerprint density at radius 3 is 2.73 bits per heavy atom. The molecule has 0 unspecified atom stereocenters. The Bertz CT molecular complexity index is 1440. The molecule has 1 fully saturated rings. The Morgan fingerprint density at radius 1 is 1.27 bits per heavy atom. The van der Waals surface area contributed by atoms with Crippen LogP contribution in [0, 0.1) is 11.8 Å². The third-order valence-electron chi connectivity index (χ3n) is 6.30. The van der Waals surface area contributed by atoms with E-state index in [-0.39, 0.29) is 18.0 Å². The van der Waals surface area contributed by atoms with Crippen LogP contribution < -0.4 is 11.5 Å². The number of nitrogens with two attached hydrogens (primary N) is 2. The summed E-state index contributed by atoms with van der Waals surface area (Å²) in [4.78, 5) is 44.1. The summed E-state index contributed by atoms with van der Waals surface area (Å²) in [6, 6.07) is 8.72. The highest BCUT2D eigenvalue weighted by Crippen LogP contribution is 2.24. The molecule has 11 nitrogen and oxygen atoms in total. The van der Waals surface area contributed by atoms with Gasteiger partial charge in [0.25, 0.3) is 11.8 Å². The quantitative estimate of drug-likeness (QED) is 0.387. The third-order valence-corrected chi connectivity index (χ3v) is 6.30. The average Bonchev–Trinajstić information content (AvgIpc) is 3.39. The van der Waals surface area contributed by atoms with E-state index in [4.69, 9.17) is 11.5 Å². The Hall–Kier alpha value is -4.27. The van der Waals surface area contributed by atoms with E-state index in [0.29, 0.717) is 54.8 Å². The van der Waals surface area contributed by atoms with Gasteiger partial charge in [-0.05, 0) is 42.8 Å². The highest BCUT2D eigenvalue weighted by atomic mass is 16.3. The van der Waals surface area contributed by atoms with Gasteiger partial charge in [0.1, 0.15) is 0 Å². The van der Waals surface area contributed by atoms with Crippen LogP contribution in [0.4, 0.5) is 0 Å². The molecule has 192 valence electrons. The fourth-order valence-corrected chi connectivity index (χ4v) is 4.18. The first-order chi connectivity index (χ1) is 17.6. The topological polar surface area (TPSA) is 161 Å². The second-order valence-electron chi connectivity index (χ2n) is 9.11. The summed E-state index contributed by atoms with van der Waals surface area (Å²) in [5.74, 6) is 4.78. The fraction of sp³-hybridized carbons (Fsp3) is 0.346. The number of aromatic nitrogens is 3. The van der Waals surface area contributed by atoms with E-state index >= 15 is 0 Å². The van der Waals surface area contributed by atoms with Gasteiger partial charge in [-0.3, -0.25) is 14.4 Å². The molecule has 1 aromatic carbocycles. The summed E-state index contributed by atoms with van der Waals surface area (Å²) < 4.78 is 1.49. The molecule has 11 heteroatoms. The highest BCUT2D eigenvalue weighted by molar-refractivity contribution is 6.04. The van der Waals surface area contributed by atoms with Crippen molar-refractivity contribution in [1.82, 2.24) is 24.6 Å². The van der Waals surface area contributed by atoms with Crippen LogP contribution in [0.15, 0.2) is 36.5 Å². The van der Waals surface area contributed by atoms with E-state index in [9.17, 15) is 19.5 Å². The number of fused-ring (bicyclic) bond motifs is 1. The lowest BCUT2D eigenvalue weighted by Gasteiger charge is -2.17. The zero-order valence-corrected chi connectivity index (χ0v) is 20.8. The van der Waals surface area contributed by atoms with Gasteiger partial charge in [0.2, 0.25) is 11.5 Å². The number of likely N-dealkylation sites (tertiary alicyclic amines) is 1. The molecule has 0 spiro atoms. The molecule has 3 amide bonds. The van der Waals surface area contributed by atoms with Gasteiger partial charge >= 0.3 is 0 Å². The van der Waals surface area contributed by atoms with Gasteiger partial charge in [-0.2, -0.15) is 5.10 Å². The fourth-order valence-electron chi connectivity index (χ4n) is 4.18. The van der Waals surface area contributed by atoms with Crippen molar-refractivity contribution < 1.29 is 19.5 Å². The summed E-state index contributed by atoms with van der Waals surface area (Å²) in [7, 11) is 3.33. The van der Waals surface area contributed by atoms with Crippen LogP contribution in [0.1, 0.15) is 40.9 Å². The molecule has 1 aliphatic rings. The SMILES string of the molecule is CN(Cc1ccc2c(c1)c(C(N)=O)nn2-c1cc(C#C[C@]2(O)CCN(C)C2=O)ccn1)C(=O)CCCN. The van der Waals surface area contributed by atoms with E-state index < -0.39 is 17.4 Å². The number of amides is 3. The number of hydrogen-bond donors (Lipinski definition) is 3. The van der Waals surface area contributed by atoms with E-state index in [1.54, 1.807) is 43.3 Å². The molecule has 4 rings (SSSR count). The molecule has 1 aliphatic heterocycles. The summed E-state index contributed by atoms with van der Waals surface area (Å²) in [5.41, 5.74) is 11.4.